The first-order chi connectivity index (χ1) is 14.6. The van der Waals surface area contributed by atoms with Crippen molar-refractivity contribution in [1.82, 2.24) is 14.7 Å². The van der Waals surface area contributed by atoms with Gasteiger partial charge in [-0.3, -0.25) is 4.79 Å². The molecule has 1 aromatic carbocycles. The van der Waals surface area contributed by atoms with Crippen LogP contribution in [0.15, 0.2) is 24.3 Å². The van der Waals surface area contributed by atoms with E-state index in [0.717, 1.165) is 23.9 Å². The number of carbonyl (C=O) groups excluding carboxylic acids is 1. The van der Waals surface area contributed by atoms with Gasteiger partial charge in [0.25, 0.3) is 5.91 Å². The molecule has 0 saturated carbocycles. The van der Waals surface area contributed by atoms with Crippen LogP contribution in [0.3, 0.4) is 0 Å². The standard InChI is InChI=1S/C21H23ClF4N4O/c1-11-4-3-5-12(2)29(11)20(31)18-17(22)19-27-15(13-6-8-14(23)9-7-13)10-16(21(24,25)26)30(19)28-18/h6-9,11-12,15-16,27H,3-5,10H2,1-2H3/t11-,12-,15-,16+/m1/s1. The number of rotatable bonds is 2. The number of aromatic nitrogens is 2. The quantitative estimate of drug-likeness (QED) is 0.584. The largest absolute Gasteiger partial charge is 0.410 e. The molecule has 1 amide bonds. The maximum absolute atomic E-state index is 13.9. The van der Waals surface area contributed by atoms with Gasteiger partial charge in [-0.05, 0) is 50.8 Å². The summed E-state index contributed by atoms with van der Waals surface area (Å²) in [4.78, 5) is 14.9. The number of nitrogens with zero attached hydrogens (tertiary/aromatic N) is 3. The fourth-order valence-electron chi connectivity index (χ4n) is 4.58. The summed E-state index contributed by atoms with van der Waals surface area (Å²) in [5.41, 5.74) is 0.309. The summed E-state index contributed by atoms with van der Waals surface area (Å²) in [5.74, 6) is -0.995. The van der Waals surface area contributed by atoms with Crippen molar-refractivity contribution in [2.24, 2.45) is 0 Å². The number of halogens is 5. The van der Waals surface area contributed by atoms with Crippen LogP contribution in [0.4, 0.5) is 23.4 Å². The van der Waals surface area contributed by atoms with E-state index in [9.17, 15) is 22.4 Å². The SMILES string of the molecule is C[C@@H]1CCC[C@@H](C)N1C(=O)c1nn2c(c1Cl)N[C@@H](c1ccc(F)cc1)C[C@H]2C(F)(F)F. The molecule has 31 heavy (non-hydrogen) atoms. The van der Waals surface area contributed by atoms with Gasteiger partial charge in [0.15, 0.2) is 11.7 Å². The Balaban J connectivity index is 1.74. The molecular weight excluding hydrogens is 436 g/mol. The Labute approximate surface area is 182 Å². The lowest BCUT2D eigenvalue weighted by Gasteiger charge is -2.38. The number of hydrogen-bond acceptors (Lipinski definition) is 3. The van der Waals surface area contributed by atoms with Crippen LogP contribution >= 0.6 is 11.6 Å². The molecule has 10 heteroatoms. The Morgan fingerprint density at radius 2 is 1.77 bits per heavy atom. The fourth-order valence-corrected chi connectivity index (χ4v) is 4.84. The third-order valence-electron chi connectivity index (χ3n) is 6.20. The molecule has 0 bridgehead atoms. The summed E-state index contributed by atoms with van der Waals surface area (Å²) < 4.78 is 55.8. The number of carbonyl (C=O) groups is 1. The van der Waals surface area contributed by atoms with E-state index in [1.165, 1.54) is 24.3 Å². The van der Waals surface area contributed by atoms with Crippen molar-refractivity contribution >= 4 is 23.3 Å². The van der Waals surface area contributed by atoms with Crippen molar-refractivity contribution in [3.63, 3.8) is 0 Å². The predicted molar refractivity (Wildman–Crippen MR) is 109 cm³/mol. The third kappa shape index (κ3) is 4.00. The number of hydrogen-bond donors (Lipinski definition) is 1. The predicted octanol–water partition coefficient (Wildman–Crippen LogP) is 5.74. The van der Waals surface area contributed by atoms with Gasteiger partial charge >= 0.3 is 6.18 Å². The summed E-state index contributed by atoms with van der Waals surface area (Å²) in [7, 11) is 0. The minimum Gasteiger partial charge on any atom is -0.362 e. The average Bonchev–Trinajstić information content (AvgIpc) is 3.03. The van der Waals surface area contributed by atoms with E-state index in [0.29, 0.717) is 5.56 Å². The van der Waals surface area contributed by atoms with Gasteiger partial charge in [0.1, 0.15) is 16.7 Å². The lowest BCUT2D eigenvalue weighted by Crippen LogP contribution is -2.47. The Bertz CT molecular complexity index is 965. The second kappa shape index (κ2) is 8.00. The highest BCUT2D eigenvalue weighted by molar-refractivity contribution is 6.36. The van der Waals surface area contributed by atoms with Gasteiger partial charge in [-0.25, -0.2) is 9.07 Å². The topological polar surface area (TPSA) is 50.2 Å². The van der Waals surface area contributed by atoms with Gasteiger partial charge in [0.05, 0.1) is 6.04 Å². The van der Waals surface area contributed by atoms with E-state index >= 15 is 0 Å². The lowest BCUT2D eigenvalue weighted by molar-refractivity contribution is -0.173. The molecule has 3 heterocycles. The highest BCUT2D eigenvalue weighted by Crippen LogP contribution is 2.46. The summed E-state index contributed by atoms with van der Waals surface area (Å²) >= 11 is 6.42. The maximum atomic E-state index is 13.9. The zero-order chi connectivity index (χ0) is 22.5. The number of benzene rings is 1. The molecule has 2 aliphatic rings. The number of alkyl halides is 3. The second-order valence-corrected chi connectivity index (χ2v) is 8.72. The van der Waals surface area contributed by atoms with Crippen LogP contribution < -0.4 is 5.32 Å². The third-order valence-corrected chi connectivity index (χ3v) is 6.56. The molecule has 4 atom stereocenters. The number of amides is 1. The molecule has 0 unspecified atom stereocenters. The second-order valence-electron chi connectivity index (χ2n) is 8.34. The molecule has 0 aliphatic carbocycles. The molecule has 0 radical (unpaired) electrons. The molecule has 4 rings (SSSR count). The molecule has 1 aromatic heterocycles. The summed E-state index contributed by atoms with van der Waals surface area (Å²) in [5, 5.41) is 6.89. The molecule has 1 fully saturated rings. The van der Waals surface area contributed by atoms with Crippen molar-refractivity contribution in [2.75, 3.05) is 5.32 Å². The Morgan fingerprint density at radius 3 is 2.35 bits per heavy atom. The first-order valence-corrected chi connectivity index (χ1v) is 10.6. The lowest BCUT2D eigenvalue weighted by atomic mass is 9.96. The Hall–Kier alpha value is -2.29. The molecule has 1 N–H and O–H groups in total. The van der Waals surface area contributed by atoms with Gasteiger partial charge in [0, 0.05) is 18.5 Å². The van der Waals surface area contributed by atoms with Crippen LogP contribution in [-0.2, 0) is 0 Å². The molecular formula is C21H23ClF4N4O. The summed E-state index contributed by atoms with van der Waals surface area (Å²) in [6, 6.07) is 2.43. The fraction of sp³-hybridized carbons (Fsp3) is 0.524. The maximum Gasteiger partial charge on any atom is 0.410 e. The number of fused-ring (bicyclic) bond motifs is 1. The molecule has 168 valence electrons. The molecule has 1 saturated heterocycles. The zero-order valence-corrected chi connectivity index (χ0v) is 17.8. The number of anilines is 1. The van der Waals surface area contributed by atoms with Crippen LogP contribution in [0.2, 0.25) is 5.02 Å². The van der Waals surface area contributed by atoms with E-state index in [-0.39, 0.29) is 35.0 Å². The minimum absolute atomic E-state index is 0.0507. The summed E-state index contributed by atoms with van der Waals surface area (Å²) in [6.45, 7) is 3.83. The first kappa shape index (κ1) is 21.9. The zero-order valence-electron chi connectivity index (χ0n) is 17.1. The van der Waals surface area contributed by atoms with Crippen LogP contribution in [0.25, 0.3) is 0 Å². The van der Waals surface area contributed by atoms with Crippen LogP contribution in [0, 0.1) is 5.82 Å². The van der Waals surface area contributed by atoms with Crippen molar-refractivity contribution in [1.29, 1.82) is 0 Å². The van der Waals surface area contributed by atoms with E-state index in [4.69, 9.17) is 11.6 Å². The van der Waals surface area contributed by atoms with E-state index in [2.05, 4.69) is 10.4 Å². The van der Waals surface area contributed by atoms with E-state index in [1.807, 2.05) is 13.8 Å². The molecule has 2 aliphatic heterocycles. The van der Waals surface area contributed by atoms with Gasteiger partial charge in [-0.2, -0.15) is 18.3 Å². The smallest absolute Gasteiger partial charge is 0.362 e. The van der Waals surface area contributed by atoms with Gasteiger partial charge in [-0.1, -0.05) is 23.7 Å². The minimum atomic E-state index is -4.60. The van der Waals surface area contributed by atoms with E-state index < -0.39 is 30.0 Å². The van der Waals surface area contributed by atoms with Crippen LogP contribution in [0.5, 0.6) is 0 Å². The van der Waals surface area contributed by atoms with Crippen molar-refractivity contribution in [3.8, 4) is 0 Å². The first-order valence-electron chi connectivity index (χ1n) is 10.3. The summed E-state index contributed by atoms with van der Waals surface area (Å²) in [6.07, 6.45) is -2.34. The number of nitrogens with one attached hydrogen (secondary N) is 1. The normalized spacial score (nSPS) is 26.4. The Kier molecular flexibility index (Phi) is 5.66. The van der Waals surface area contributed by atoms with Gasteiger partial charge in [-0.15, -0.1) is 0 Å². The average molecular weight is 459 g/mol. The molecule has 2 aromatic rings. The number of piperidine rings is 1. The number of likely N-dealkylation sites (tertiary alicyclic amines) is 1. The highest BCUT2D eigenvalue weighted by atomic mass is 35.5. The highest BCUT2D eigenvalue weighted by Gasteiger charge is 2.48. The van der Waals surface area contributed by atoms with Crippen LogP contribution in [0.1, 0.15) is 67.7 Å². The van der Waals surface area contributed by atoms with Gasteiger partial charge < -0.3 is 10.2 Å². The van der Waals surface area contributed by atoms with Crippen LogP contribution in [-0.4, -0.2) is 38.8 Å². The molecule has 5 nitrogen and oxygen atoms in total. The monoisotopic (exact) mass is 458 g/mol. The van der Waals surface area contributed by atoms with E-state index in [1.54, 1.807) is 4.90 Å². The van der Waals surface area contributed by atoms with Gasteiger partial charge in [0.2, 0.25) is 0 Å². The molecule has 0 spiro atoms. The Morgan fingerprint density at radius 1 is 1.16 bits per heavy atom. The van der Waals surface area contributed by atoms with Crippen molar-refractivity contribution in [2.45, 2.75) is 69.9 Å². The van der Waals surface area contributed by atoms with Crippen molar-refractivity contribution in [3.05, 3.63) is 46.4 Å². The van der Waals surface area contributed by atoms with Crippen molar-refractivity contribution < 1.29 is 22.4 Å².